The predicted octanol–water partition coefficient (Wildman–Crippen LogP) is 4.09. The highest BCUT2D eigenvalue weighted by Crippen LogP contribution is 2.24. The van der Waals surface area contributed by atoms with Gasteiger partial charge >= 0.3 is 0 Å². The molecule has 0 unspecified atom stereocenters. The molecule has 0 spiro atoms. The van der Waals surface area contributed by atoms with Crippen LogP contribution in [0.1, 0.15) is 26.3 Å². The summed E-state index contributed by atoms with van der Waals surface area (Å²) >= 11 is 0. The van der Waals surface area contributed by atoms with Crippen LogP contribution in [0.5, 0.6) is 5.75 Å². The van der Waals surface area contributed by atoms with Gasteiger partial charge in [-0.05, 0) is 44.0 Å². The summed E-state index contributed by atoms with van der Waals surface area (Å²) in [7, 11) is 0. The van der Waals surface area contributed by atoms with Crippen LogP contribution in [0.4, 0.5) is 11.4 Å². The Balaban J connectivity index is 1.97. The van der Waals surface area contributed by atoms with Gasteiger partial charge in [-0.25, -0.2) is 0 Å². The zero-order chi connectivity index (χ0) is 16.7. The SMILES string of the molecule is CCc1ccccc1NC(=O)CNc1ccccc1OC(C)C. The molecular formula is C19H24N2O2. The molecule has 2 rings (SSSR count). The number of anilines is 2. The van der Waals surface area contributed by atoms with E-state index in [0.29, 0.717) is 0 Å². The Morgan fingerprint density at radius 1 is 1.04 bits per heavy atom. The number of para-hydroxylation sites is 3. The van der Waals surface area contributed by atoms with E-state index in [2.05, 4.69) is 17.6 Å². The van der Waals surface area contributed by atoms with E-state index in [1.54, 1.807) is 0 Å². The van der Waals surface area contributed by atoms with Crippen molar-refractivity contribution in [3.63, 3.8) is 0 Å². The summed E-state index contributed by atoms with van der Waals surface area (Å²) in [5.41, 5.74) is 2.82. The highest BCUT2D eigenvalue weighted by atomic mass is 16.5. The summed E-state index contributed by atoms with van der Waals surface area (Å²) in [5, 5.41) is 6.09. The van der Waals surface area contributed by atoms with Gasteiger partial charge < -0.3 is 15.4 Å². The summed E-state index contributed by atoms with van der Waals surface area (Å²) in [6.45, 7) is 6.22. The first kappa shape index (κ1) is 16.9. The Bertz CT molecular complexity index is 653. The summed E-state index contributed by atoms with van der Waals surface area (Å²) in [6.07, 6.45) is 0.970. The molecule has 0 bridgehead atoms. The first-order chi connectivity index (χ1) is 11.1. The maximum atomic E-state index is 12.2. The minimum atomic E-state index is -0.0785. The molecule has 0 atom stereocenters. The molecule has 0 fully saturated rings. The van der Waals surface area contributed by atoms with Crippen LogP contribution in [0, 0.1) is 0 Å². The van der Waals surface area contributed by atoms with Gasteiger partial charge in [0.1, 0.15) is 5.75 Å². The fourth-order valence-corrected chi connectivity index (χ4v) is 2.29. The number of amides is 1. The van der Waals surface area contributed by atoms with Crippen molar-refractivity contribution < 1.29 is 9.53 Å². The third kappa shape index (κ3) is 5.02. The standard InChI is InChI=1S/C19H24N2O2/c1-4-15-9-5-6-10-16(15)21-19(22)13-20-17-11-7-8-12-18(17)23-14(2)3/h5-12,14,20H,4,13H2,1-3H3,(H,21,22). The Morgan fingerprint density at radius 2 is 1.70 bits per heavy atom. The lowest BCUT2D eigenvalue weighted by molar-refractivity contribution is -0.114. The van der Waals surface area contributed by atoms with Crippen LogP contribution in [0.3, 0.4) is 0 Å². The number of carbonyl (C=O) groups is 1. The third-order valence-electron chi connectivity index (χ3n) is 3.36. The van der Waals surface area contributed by atoms with Gasteiger partial charge in [0.25, 0.3) is 0 Å². The van der Waals surface area contributed by atoms with E-state index in [-0.39, 0.29) is 18.6 Å². The molecule has 2 aromatic carbocycles. The van der Waals surface area contributed by atoms with E-state index in [1.807, 2.05) is 62.4 Å². The molecule has 2 aromatic rings. The summed E-state index contributed by atoms with van der Waals surface area (Å²) in [5.74, 6) is 0.675. The van der Waals surface area contributed by atoms with Crippen LogP contribution in [0.15, 0.2) is 48.5 Å². The molecule has 2 N–H and O–H groups in total. The maximum absolute atomic E-state index is 12.2. The number of rotatable bonds is 7. The highest BCUT2D eigenvalue weighted by Gasteiger charge is 2.08. The van der Waals surface area contributed by atoms with Gasteiger partial charge in [0.2, 0.25) is 5.91 Å². The number of hydrogen-bond acceptors (Lipinski definition) is 3. The van der Waals surface area contributed by atoms with Crippen molar-refractivity contribution in [1.82, 2.24) is 0 Å². The predicted molar refractivity (Wildman–Crippen MR) is 95.1 cm³/mol. The van der Waals surface area contributed by atoms with Crippen LogP contribution < -0.4 is 15.4 Å². The second-order valence-electron chi connectivity index (χ2n) is 5.58. The van der Waals surface area contributed by atoms with Crippen molar-refractivity contribution in [3.8, 4) is 5.75 Å². The first-order valence-electron chi connectivity index (χ1n) is 7.97. The van der Waals surface area contributed by atoms with E-state index < -0.39 is 0 Å². The Morgan fingerprint density at radius 3 is 2.39 bits per heavy atom. The van der Waals surface area contributed by atoms with Crippen molar-refractivity contribution in [3.05, 3.63) is 54.1 Å². The van der Waals surface area contributed by atoms with Crippen LogP contribution in [-0.4, -0.2) is 18.6 Å². The number of carbonyl (C=O) groups excluding carboxylic acids is 1. The molecule has 1 amide bonds. The molecule has 23 heavy (non-hydrogen) atoms. The zero-order valence-corrected chi connectivity index (χ0v) is 13.9. The van der Waals surface area contributed by atoms with Gasteiger partial charge in [0.15, 0.2) is 0 Å². The Labute approximate surface area is 137 Å². The third-order valence-corrected chi connectivity index (χ3v) is 3.36. The highest BCUT2D eigenvalue weighted by molar-refractivity contribution is 5.94. The Kier molecular flexibility index (Phi) is 6.03. The summed E-state index contributed by atoms with van der Waals surface area (Å²) in [4.78, 5) is 12.2. The number of ether oxygens (including phenoxy) is 1. The topological polar surface area (TPSA) is 50.4 Å². The van der Waals surface area contributed by atoms with E-state index in [9.17, 15) is 4.79 Å². The smallest absolute Gasteiger partial charge is 0.243 e. The quantitative estimate of drug-likeness (QED) is 0.809. The summed E-state index contributed by atoms with van der Waals surface area (Å²) in [6, 6.07) is 15.5. The van der Waals surface area contributed by atoms with Gasteiger partial charge in [-0.1, -0.05) is 37.3 Å². The molecule has 0 aromatic heterocycles. The van der Waals surface area contributed by atoms with Gasteiger partial charge in [-0.15, -0.1) is 0 Å². The van der Waals surface area contributed by atoms with Crippen LogP contribution in [0.2, 0.25) is 0 Å². The fraction of sp³-hybridized carbons (Fsp3) is 0.316. The number of aryl methyl sites for hydroxylation is 1. The van der Waals surface area contributed by atoms with Crippen molar-refractivity contribution in [2.75, 3.05) is 17.2 Å². The number of nitrogens with one attached hydrogen (secondary N) is 2. The van der Waals surface area contributed by atoms with Crippen LogP contribution in [0.25, 0.3) is 0 Å². The number of hydrogen-bond donors (Lipinski definition) is 2. The largest absolute Gasteiger partial charge is 0.489 e. The van der Waals surface area contributed by atoms with Gasteiger partial charge in [0.05, 0.1) is 18.3 Å². The van der Waals surface area contributed by atoms with Crippen molar-refractivity contribution in [2.45, 2.75) is 33.3 Å². The normalized spacial score (nSPS) is 10.4. The van der Waals surface area contributed by atoms with Crippen molar-refractivity contribution in [1.29, 1.82) is 0 Å². The lowest BCUT2D eigenvalue weighted by Gasteiger charge is -2.15. The van der Waals surface area contributed by atoms with E-state index in [0.717, 1.165) is 29.1 Å². The van der Waals surface area contributed by atoms with E-state index in [4.69, 9.17) is 4.74 Å². The van der Waals surface area contributed by atoms with Gasteiger partial charge in [0, 0.05) is 5.69 Å². The molecule has 0 saturated heterocycles. The molecule has 0 aliphatic heterocycles. The second-order valence-corrected chi connectivity index (χ2v) is 5.58. The molecule has 4 heteroatoms. The molecular weight excluding hydrogens is 288 g/mol. The minimum absolute atomic E-state index is 0.0785. The van der Waals surface area contributed by atoms with Crippen LogP contribution >= 0.6 is 0 Å². The lowest BCUT2D eigenvalue weighted by Crippen LogP contribution is -2.22. The summed E-state index contributed by atoms with van der Waals surface area (Å²) < 4.78 is 5.74. The monoisotopic (exact) mass is 312 g/mol. The zero-order valence-electron chi connectivity index (χ0n) is 13.9. The first-order valence-corrected chi connectivity index (χ1v) is 7.97. The molecule has 0 aliphatic rings. The van der Waals surface area contributed by atoms with Gasteiger partial charge in [-0.3, -0.25) is 4.79 Å². The van der Waals surface area contributed by atoms with E-state index in [1.165, 1.54) is 0 Å². The average Bonchev–Trinajstić information content (AvgIpc) is 2.54. The average molecular weight is 312 g/mol. The fourth-order valence-electron chi connectivity index (χ4n) is 2.29. The Hall–Kier alpha value is -2.49. The molecule has 4 nitrogen and oxygen atoms in total. The maximum Gasteiger partial charge on any atom is 0.243 e. The van der Waals surface area contributed by atoms with Gasteiger partial charge in [-0.2, -0.15) is 0 Å². The molecule has 0 heterocycles. The van der Waals surface area contributed by atoms with E-state index >= 15 is 0 Å². The van der Waals surface area contributed by atoms with Crippen molar-refractivity contribution >= 4 is 17.3 Å². The lowest BCUT2D eigenvalue weighted by atomic mass is 10.1. The number of benzene rings is 2. The minimum Gasteiger partial charge on any atom is -0.489 e. The molecule has 0 saturated carbocycles. The second kappa shape index (κ2) is 8.22. The molecule has 0 radical (unpaired) electrons. The van der Waals surface area contributed by atoms with Crippen molar-refractivity contribution in [2.24, 2.45) is 0 Å². The molecule has 0 aliphatic carbocycles. The van der Waals surface area contributed by atoms with Crippen LogP contribution in [-0.2, 0) is 11.2 Å². The molecule has 122 valence electrons.